The molecule has 0 radical (unpaired) electrons. The zero-order chi connectivity index (χ0) is 12.2. The number of ether oxygens (including phenoxy) is 1. The van der Waals surface area contributed by atoms with Gasteiger partial charge in [0.05, 0.1) is 18.6 Å². The number of nitrogens with zero attached hydrogens (tertiary/aromatic N) is 1. The molecule has 0 spiro atoms. The Bertz CT molecular complexity index is 230. The van der Waals surface area contributed by atoms with Crippen molar-refractivity contribution < 1.29 is 14.6 Å². The first-order chi connectivity index (χ1) is 7.44. The third-order valence-corrected chi connectivity index (χ3v) is 3.27. The van der Waals surface area contributed by atoms with Crippen molar-refractivity contribution in [2.24, 2.45) is 0 Å². The molecule has 0 bridgehead atoms. The maximum absolute atomic E-state index is 11.3. The number of esters is 1. The average Bonchev–Trinajstić information content (AvgIpc) is 2.17. The van der Waals surface area contributed by atoms with Crippen molar-refractivity contribution in [2.45, 2.75) is 51.7 Å². The Morgan fingerprint density at radius 2 is 2.06 bits per heavy atom. The van der Waals surface area contributed by atoms with Gasteiger partial charge in [0.15, 0.2) is 0 Å². The van der Waals surface area contributed by atoms with E-state index >= 15 is 0 Å². The summed E-state index contributed by atoms with van der Waals surface area (Å²) in [6, 6.07) is 0.204. The highest BCUT2D eigenvalue weighted by Crippen LogP contribution is 2.23. The van der Waals surface area contributed by atoms with E-state index in [0.29, 0.717) is 13.0 Å². The second kappa shape index (κ2) is 5.64. The molecule has 16 heavy (non-hydrogen) atoms. The molecule has 1 unspecified atom stereocenters. The maximum Gasteiger partial charge on any atom is 0.307 e. The molecule has 1 fully saturated rings. The molecule has 1 heterocycles. The number of hydrogen-bond donors (Lipinski definition) is 1. The van der Waals surface area contributed by atoms with Crippen LogP contribution in [0.1, 0.15) is 40.0 Å². The lowest BCUT2D eigenvalue weighted by atomic mass is 9.93. The van der Waals surface area contributed by atoms with Crippen LogP contribution in [0, 0.1) is 0 Å². The molecule has 0 aliphatic carbocycles. The standard InChI is InChI=1S/C12H23NO3/c1-4-16-11(14)9-10(2)13-7-5-12(3,15)6-8-13/h10,15H,4-9H2,1-3H3. The molecule has 1 N–H and O–H groups in total. The van der Waals surface area contributed by atoms with Gasteiger partial charge in [0.2, 0.25) is 0 Å². The summed E-state index contributed by atoms with van der Waals surface area (Å²) in [5.41, 5.74) is -0.528. The molecule has 1 aliphatic rings. The van der Waals surface area contributed by atoms with Crippen molar-refractivity contribution in [3.05, 3.63) is 0 Å². The molecule has 4 heteroatoms. The second-order valence-electron chi connectivity index (χ2n) is 4.89. The van der Waals surface area contributed by atoms with E-state index in [9.17, 15) is 9.90 Å². The van der Waals surface area contributed by atoms with Crippen molar-refractivity contribution in [1.29, 1.82) is 0 Å². The van der Waals surface area contributed by atoms with Gasteiger partial charge < -0.3 is 9.84 Å². The quantitative estimate of drug-likeness (QED) is 0.735. The first kappa shape index (κ1) is 13.5. The summed E-state index contributed by atoms with van der Waals surface area (Å²) in [5.74, 6) is -0.132. The Morgan fingerprint density at radius 3 is 2.56 bits per heavy atom. The number of carbonyl (C=O) groups is 1. The minimum Gasteiger partial charge on any atom is -0.466 e. The fraction of sp³-hybridized carbons (Fsp3) is 0.917. The number of aliphatic hydroxyl groups is 1. The first-order valence-corrected chi connectivity index (χ1v) is 6.06. The van der Waals surface area contributed by atoms with Gasteiger partial charge >= 0.3 is 5.97 Å². The normalized spacial score (nSPS) is 22.8. The fourth-order valence-electron chi connectivity index (χ4n) is 2.04. The molecule has 0 aromatic heterocycles. The van der Waals surface area contributed by atoms with E-state index in [0.717, 1.165) is 25.9 Å². The fourth-order valence-corrected chi connectivity index (χ4v) is 2.04. The van der Waals surface area contributed by atoms with Gasteiger partial charge in [-0.1, -0.05) is 0 Å². The van der Waals surface area contributed by atoms with E-state index in [1.165, 1.54) is 0 Å². The molecular weight excluding hydrogens is 206 g/mol. The van der Waals surface area contributed by atoms with Crippen LogP contribution in [0.2, 0.25) is 0 Å². The van der Waals surface area contributed by atoms with Crippen LogP contribution in [0.5, 0.6) is 0 Å². The van der Waals surface area contributed by atoms with Crippen LogP contribution in [0.3, 0.4) is 0 Å². The summed E-state index contributed by atoms with van der Waals surface area (Å²) in [5, 5.41) is 9.82. The molecule has 1 aliphatic heterocycles. The number of piperidine rings is 1. The van der Waals surface area contributed by atoms with Crippen LogP contribution in [0.15, 0.2) is 0 Å². The third-order valence-electron chi connectivity index (χ3n) is 3.27. The number of rotatable bonds is 4. The Morgan fingerprint density at radius 1 is 1.50 bits per heavy atom. The molecule has 1 atom stereocenters. The molecule has 1 saturated heterocycles. The lowest BCUT2D eigenvalue weighted by Crippen LogP contribution is -2.46. The van der Waals surface area contributed by atoms with Crippen LogP contribution in [0.25, 0.3) is 0 Å². The van der Waals surface area contributed by atoms with Crippen molar-refractivity contribution in [3.8, 4) is 0 Å². The van der Waals surface area contributed by atoms with E-state index < -0.39 is 5.60 Å². The summed E-state index contributed by atoms with van der Waals surface area (Å²) < 4.78 is 4.93. The number of likely N-dealkylation sites (tertiary alicyclic amines) is 1. The van der Waals surface area contributed by atoms with E-state index in [1.807, 2.05) is 20.8 Å². The van der Waals surface area contributed by atoms with Gasteiger partial charge in [-0.3, -0.25) is 9.69 Å². The van der Waals surface area contributed by atoms with Crippen LogP contribution in [0.4, 0.5) is 0 Å². The van der Waals surface area contributed by atoms with Crippen molar-refractivity contribution in [2.75, 3.05) is 19.7 Å². The largest absolute Gasteiger partial charge is 0.466 e. The molecule has 0 aromatic rings. The Kier molecular flexibility index (Phi) is 4.74. The highest BCUT2D eigenvalue weighted by molar-refractivity contribution is 5.70. The number of carbonyl (C=O) groups excluding carboxylic acids is 1. The molecule has 0 saturated carbocycles. The third kappa shape index (κ3) is 4.10. The highest BCUT2D eigenvalue weighted by Gasteiger charge is 2.30. The van der Waals surface area contributed by atoms with Gasteiger partial charge in [0, 0.05) is 19.1 Å². The smallest absolute Gasteiger partial charge is 0.307 e. The van der Waals surface area contributed by atoms with E-state index in [1.54, 1.807) is 0 Å². The lowest BCUT2D eigenvalue weighted by Gasteiger charge is -2.38. The van der Waals surface area contributed by atoms with E-state index in [2.05, 4.69) is 4.90 Å². The van der Waals surface area contributed by atoms with E-state index in [4.69, 9.17) is 4.74 Å². The summed E-state index contributed by atoms with van der Waals surface area (Å²) in [7, 11) is 0. The zero-order valence-electron chi connectivity index (χ0n) is 10.5. The Hall–Kier alpha value is -0.610. The van der Waals surface area contributed by atoms with Crippen molar-refractivity contribution >= 4 is 5.97 Å². The van der Waals surface area contributed by atoms with Crippen LogP contribution in [-0.4, -0.2) is 47.3 Å². The summed E-state index contributed by atoms with van der Waals surface area (Å²) in [6.45, 7) is 7.89. The molecule has 4 nitrogen and oxygen atoms in total. The monoisotopic (exact) mass is 229 g/mol. The van der Waals surface area contributed by atoms with Gasteiger partial charge in [-0.05, 0) is 33.6 Å². The van der Waals surface area contributed by atoms with Crippen molar-refractivity contribution in [1.82, 2.24) is 4.90 Å². The molecule has 0 aromatic carbocycles. The topological polar surface area (TPSA) is 49.8 Å². The average molecular weight is 229 g/mol. The summed E-state index contributed by atoms with van der Waals surface area (Å²) >= 11 is 0. The van der Waals surface area contributed by atoms with Gasteiger partial charge in [0.1, 0.15) is 0 Å². The number of hydrogen-bond acceptors (Lipinski definition) is 4. The second-order valence-corrected chi connectivity index (χ2v) is 4.89. The van der Waals surface area contributed by atoms with Gasteiger partial charge in [-0.2, -0.15) is 0 Å². The van der Waals surface area contributed by atoms with Crippen LogP contribution in [-0.2, 0) is 9.53 Å². The Labute approximate surface area is 97.6 Å². The van der Waals surface area contributed by atoms with Gasteiger partial charge in [-0.15, -0.1) is 0 Å². The molecular formula is C12H23NO3. The minimum atomic E-state index is -0.528. The van der Waals surface area contributed by atoms with Crippen molar-refractivity contribution in [3.63, 3.8) is 0 Å². The van der Waals surface area contributed by atoms with Gasteiger partial charge in [0.25, 0.3) is 0 Å². The van der Waals surface area contributed by atoms with Crippen LogP contribution >= 0.6 is 0 Å². The highest BCUT2D eigenvalue weighted by atomic mass is 16.5. The van der Waals surface area contributed by atoms with Crippen LogP contribution < -0.4 is 0 Å². The Balaban J connectivity index is 2.33. The predicted octanol–water partition coefficient (Wildman–Crippen LogP) is 1.17. The molecule has 1 rings (SSSR count). The SMILES string of the molecule is CCOC(=O)CC(C)N1CCC(C)(O)CC1. The lowest BCUT2D eigenvalue weighted by molar-refractivity contribution is -0.144. The summed E-state index contributed by atoms with van der Waals surface area (Å²) in [4.78, 5) is 13.6. The first-order valence-electron chi connectivity index (χ1n) is 6.06. The van der Waals surface area contributed by atoms with E-state index in [-0.39, 0.29) is 12.0 Å². The minimum absolute atomic E-state index is 0.132. The maximum atomic E-state index is 11.3. The van der Waals surface area contributed by atoms with Gasteiger partial charge in [-0.25, -0.2) is 0 Å². The predicted molar refractivity (Wildman–Crippen MR) is 62.1 cm³/mol. The molecule has 0 amide bonds. The zero-order valence-corrected chi connectivity index (χ0v) is 10.5. The summed E-state index contributed by atoms with van der Waals surface area (Å²) in [6.07, 6.45) is 2.00. The molecule has 94 valence electrons.